The Hall–Kier alpha value is -2.63. The molecule has 2 unspecified atom stereocenters. The number of anilines is 1. The first kappa shape index (κ1) is 22.7. The monoisotopic (exact) mass is 401 g/mol. The summed E-state index contributed by atoms with van der Waals surface area (Å²) in [5, 5.41) is 9.05. The molecule has 1 N–H and O–H groups in total. The van der Waals surface area contributed by atoms with Gasteiger partial charge in [0.15, 0.2) is 0 Å². The van der Waals surface area contributed by atoms with E-state index in [0.717, 1.165) is 24.8 Å². The largest absolute Gasteiger partial charge is 0.478 e. The molecule has 2 atom stereocenters. The number of hydrogen-bond donors (Lipinski definition) is 1. The smallest absolute Gasteiger partial charge is 0.335 e. The zero-order valence-corrected chi connectivity index (χ0v) is 17.9. The second-order valence-corrected chi connectivity index (χ2v) is 8.79. The molecule has 158 valence electrons. The topological polar surface area (TPSA) is 83.9 Å². The van der Waals surface area contributed by atoms with Crippen molar-refractivity contribution in [2.75, 3.05) is 19.0 Å². The molecule has 2 saturated carbocycles. The zero-order chi connectivity index (χ0) is 22.0. The average molecular weight is 402 g/mol. The molecule has 0 saturated heterocycles. The summed E-state index contributed by atoms with van der Waals surface area (Å²) < 4.78 is 4.60. The van der Waals surface area contributed by atoms with E-state index >= 15 is 0 Å². The van der Waals surface area contributed by atoms with E-state index < -0.39 is 11.9 Å². The fourth-order valence-corrected chi connectivity index (χ4v) is 4.40. The third-order valence-electron chi connectivity index (χ3n) is 6.87. The van der Waals surface area contributed by atoms with Crippen molar-refractivity contribution in [1.29, 1.82) is 0 Å². The van der Waals surface area contributed by atoms with E-state index in [9.17, 15) is 14.4 Å². The first-order valence-corrected chi connectivity index (χ1v) is 9.81. The minimum absolute atomic E-state index is 0.0255. The Bertz CT molecular complexity index is 827. The first-order chi connectivity index (χ1) is 13.4. The summed E-state index contributed by atoms with van der Waals surface area (Å²) in [4.78, 5) is 35.8. The highest BCUT2D eigenvalue weighted by atomic mass is 16.5. The maximum absolute atomic E-state index is 11.6. The molecule has 6 nitrogen and oxygen atoms in total. The summed E-state index contributed by atoms with van der Waals surface area (Å²) in [6.07, 6.45) is 4.18. The van der Waals surface area contributed by atoms with Gasteiger partial charge in [-0.15, -0.1) is 0 Å². The second kappa shape index (κ2) is 8.39. The molecule has 2 fully saturated rings. The van der Waals surface area contributed by atoms with Gasteiger partial charge in [0.1, 0.15) is 5.78 Å². The molecular weight excluding hydrogens is 370 g/mol. The van der Waals surface area contributed by atoms with Crippen LogP contribution in [0.4, 0.5) is 5.69 Å². The molecule has 2 bridgehead atoms. The molecule has 1 aromatic carbocycles. The van der Waals surface area contributed by atoms with Crippen LogP contribution in [0.3, 0.4) is 0 Å². The van der Waals surface area contributed by atoms with E-state index in [1.54, 1.807) is 12.1 Å². The number of esters is 1. The number of carbonyl (C=O) groups is 3. The van der Waals surface area contributed by atoms with Crippen LogP contribution in [0.15, 0.2) is 31.0 Å². The second-order valence-electron chi connectivity index (χ2n) is 8.79. The van der Waals surface area contributed by atoms with Crippen molar-refractivity contribution in [3.05, 3.63) is 42.2 Å². The van der Waals surface area contributed by atoms with Crippen molar-refractivity contribution >= 4 is 23.4 Å². The number of ketones is 1. The number of Topliss-reactive ketones (excluding diaryl/α,β-unsaturated/α-hetero) is 1. The summed E-state index contributed by atoms with van der Waals surface area (Å²) >= 11 is 0. The number of nitrogens with zero attached hydrogens (tertiary/aromatic N) is 1. The molecule has 0 heterocycles. The summed E-state index contributed by atoms with van der Waals surface area (Å²) in [5.41, 5.74) is 1.64. The van der Waals surface area contributed by atoms with Crippen molar-refractivity contribution in [3.63, 3.8) is 0 Å². The fourth-order valence-electron chi connectivity index (χ4n) is 4.40. The van der Waals surface area contributed by atoms with Crippen LogP contribution in [-0.2, 0) is 20.7 Å². The number of rotatable bonds is 5. The van der Waals surface area contributed by atoms with Crippen molar-refractivity contribution in [2.45, 2.75) is 46.5 Å². The van der Waals surface area contributed by atoms with Crippen molar-refractivity contribution in [3.8, 4) is 0 Å². The molecule has 29 heavy (non-hydrogen) atoms. The molecule has 0 spiro atoms. The van der Waals surface area contributed by atoms with E-state index in [0.29, 0.717) is 17.3 Å². The summed E-state index contributed by atoms with van der Waals surface area (Å²) in [7, 11) is 3.67. The lowest BCUT2D eigenvalue weighted by atomic mass is 9.70. The van der Waals surface area contributed by atoms with E-state index in [1.807, 2.05) is 19.0 Å². The lowest BCUT2D eigenvalue weighted by molar-refractivity contribution is -0.137. The normalized spacial score (nSPS) is 23.8. The quantitative estimate of drug-likeness (QED) is 0.591. The van der Waals surface area contributed by atoms with Crippen LogP contribution in [0.5, 0.6) is 0 Å². The van der Waals surface area contributed by atoms with Gasteiger partial charge >= 0.3 is 11.9 Å². The maximum atomic E-state index is 11.6. The van der Waals surface area contributed by atoms with Gasteiger partial charge in [-0.05, 0) is 47.9 Å². The van der Waals surface area contributed by atoms with Crippen LogP contribution >= 0.6 is 0 Å². The number of ether oxygens (including phenoxy) is 1. The van der Waals surface area contributed by atoms with Crippen LogP contribution in [0.2, 0.25) is 0 Å². The maximum Gasteiger partial charge on any atom is 0.335 e. The molecule has 6 heteroatoms. The van der Waals surface area contributed by atoms with E-state index in [1.165, 1.54) is 12.5 Å². The Morgan fingerprint density at radius 1 is 1.31 bits per heavy atom. The summed E-state index contributed by atoms with van der Waals surface area (Å²) in [6.45, 7) is 9.95. The van der Waals surface area contributed by atoms with E-state index in [-0.39, 0.29) is 22.8 Å². The highest BCUT2D eigenvalue weighted by Gasteiger charge is 2.61. The van der Waals surface area contributed by atoms with Gasteiger partial charge in [0.25, 0.3) is 0 Å². The third-order valence-corrected chi connectivity index (χ3v) is 6.87. The third kappa shape index (κ3) is 4.36. The lowest BCUT2D eigenvalue weighted by Gasteiger charge is -2.32. The van der Waals surface area contributed by atoms with Crippen LogP contribution in [0.25, 0.3) is 0 Å². The Morgan fingerprint density at radius 3 is 2.34 bits per heavy atom. The van der Waals surface area contributed by atoms with Gasteiger partial charge in [0, 0.05) is 31.6 Å². The number of benzene rings is 1. The predicted molar refractivity (Wildman–Crippen MR) is 112 cm³/mol. The minimum atomic E-state index is -1.07. The Kier molecular flexibility index (Phi) is 6.56. The minimum Gasteiger partial charge on any atom is -0.478 e. The molecule has 2 aliphatic rings. The van der Waals surface area contributed by atoms with Gasteiger partial charge in [0.05, 0.1) is 18.2 Å². The van der Waals surface area contributed by atoms with Gasteiger partial charge in [-0.1, -0.05) is 27.4 Å². The number of carboxylic acids is 1. The molecule has 0 aromatic heterocycles. The summed E-state index contributed by atoms with van der Waals surface area (Å²) in [6, 6.07) is 4.83. The Morgan fingerprint density at radius 2 is 1.97 bits per heavy atom. The molecule has 0 radical (unpaired) electrons. The lowest BCUT2D eigenvalue weighted by Crippen LogP contribution is -2.32. The number of hydrogen-bond acceptors (Lipinski definition) is 5. The molecular formula is C23H31NO5. The van der Waals surface area contributed by atoms with Crippen molar-refractivity contribution in [1.82, 2.24) is 0 Å². The standard InChI is InChI=1S/C13H15NO4.C10H16O/c1-4-18-12(15)8-9-7-10(14(2)3)5-6-11(9)13(16)17;1-9(2)7-4-5-10(9,3)8(11)6-7/h4-7H,1,8H2,2-3H3,(H,16,17);7H,4-6H2,1-3H3. The molecule has 1 aromatic rings. The fraction of sp³-hybridized carbons (Fsp3) is 0.522. The highest BCUT2D eigenvalue weighted by molar-refractivity contribution is 5.92. The highest BCUT2D eigenvalue weighted by Crippen LogP contribution is 2.63. The zero-order valence-electron chi connectivity index (χ0n) is 17.9. The van der Waals surface area contributed by atoms with Gasteiger partial charge in [-0.2, -0.15) is 0 Å². The average Bonchev–Trinajstić information content (AvgIpc) is 2.95. The van der Waals surface area contributed by atoms with Gasteiger partial charge in [-0.25, -0.2) is 4.79 Å². The molecule has 0 amide bonds. The van der Waals surface area contributed by atoms with Crippen LogP contribution in [0.1, 0.15) is 56.0 Å². The van der Waals surface area contributed by atoms with Gasteiger partial charge in [-0.3, -0.25) is 9.59 Å². The summed E-state index contributed by atoms with van der Waals surface area (Å²) in [5.74, 6) is -0.413. The number of fused-ring (bicyclic) bond motifs is 2. The van der Waals surface area contributed by atoms with Crippen molar-refractivity contribution < 1.29 is 24.2 Å². The van der Waals surface area contributed by atoms with Crippen LogP contribution in [0, 0.1) is 16.7 Å². The predicted octanol–water partition coefficient (Wildman–Crippen LogP) is 4.08. The number of aromatic carboxylic acids is 1. The van der Waals surface area contributed by atoms with Crippen LogP contribution < -0.4 is 4.90 Å². The Balaban J connectivity index is 0.000000230. The van der Waals surface area contributed by atoms with E-state index in [4.69, 9.17) is 5.11 Å². The SMILES string of the molecule is C=COC(=O)Cc1cc(N(C)C)ccc1C(=O)O.CC12CCC(CC1=O)C2(C)C. The number of carbonyl (C=O) groups excluding carboxylic acids is 2. The van der Waals surface area contributed by atoms with Gasteiger partial charge < -0.3 is 14.7 Å². The van der Waals surface area contributed by atoms with E-state index in [2.05, 4.69) is 32.1 Å². The Labute approximate surface area is 172 Å². The molecule has 2 aliphatic carbocycles. The molecule has 3 rings (SSSR count). The first-order valence-electron chi connectivity index (χ1n) is 9.81. The van der Waals surface area contributed by atoms with Crippen LogP contribution in [-0.4, -0.2) is 36.9 Å². The number of carboxylic acid groups (broad SMARTS) is 1. The van der Waals surface area contributed by atoms with Gasteiger partial charge in [0.2, 0.25) is 0 Å². The molecule has 0 aliphatic heterocycles. The van der Waals surface area contributed by atoms with Crippen molar-refractivity contribution in [2.24, 2.45) is 16.7 Å².